The Balaban J connectivity index is 0.000000146. The molecule has 20 aromatic rings. The maximum Gasteiger partial charge on any atom is 0.0543 e. The highest BCUT2D eigenvalue weighted by molar-refractivity contribution is 7.15. The van der Waals surface area contributed by atoms with Crippen LogP contribution in [0.3, 0.4) is 0 Å². The summed E-state index contributed by atoms with van der Waals surface area (Å²) in [6.45, 7) is 26.4. The quantitative estimate of drug-likeness (QED) is 0.0626. The van der Waals surface area contributed by atoms with E-state index in [-0.39, 0.29) is 28.7 Å². The number of hydrogen-bond donors (Lipinski definition) is 0. The summed E-state index contributed by atoms with van der Waals surface area (Å²) in [5.41, 5.74) is 43.7. The van der Waals surface area contributed by atoms with Gasteiger partial charge < -0.3 is 29.4 Å². The first-order chi connectivity index (χ1) is 70.2. The summed E-state index contributed by atoms with van der Waals surface area (Å²) in [6, 6.07) is 168. The van der Waals surface area contributed by atoms with Gasteiger partial charge in [0.25, 0.3) is 0 Å². The van der Waals surface area contributed by atoms with Crippen LogP contribution in [0, 0.1) is 83.1 Å². The van der Waals surface area contributed by atoms with Gasteiger partial charge in [-0.3, -0.25) is 0 Å². The molecule has 0 bridgehead atoms. The Bertz CT molecular complexity index is 7300. The van der Waals surface area contributed by atoms with Crippen molar-refractivity contribution in [3.63, 3.8) is 0 Å². The predicted molar refractivity (Wildman–Crippen MR) is 623 cm³/mol. The summed E-state index contributed by atoms with van der Waals surface area (Å²) in [5.74, 6) is 0. The lowest BCUT2D eigenvalue weighted by Gasteiger charge is -2.39. The minimum absolute atomic E-state index is 0. The number of benzene rings is 20. The van der Waals surface area contributed by atoms with Gasteiger partial charge >= 0.3 is 0 Å². The molecule has 0 spiro atoms. The molecule has 1 unspecified atom stereocenters. The minimum Gasteiger partial charge on any atom is -0.311 e. The Kier molecular flexibility index (Phi) is 30.3. The van der Waals surface area contributed by atoms with Crippen LogP contribution in [0.1, 0.15) is 119 Å². The highest BCUT2D eigenvalue weighted by Gasteiger charge is 2.37. The molecule has 1 saturated carbocycles. The summed E-state index contributed by atoms with van der Waals surface area (Å²) in [6.07, 6.45) is 6.15. The second-order valence-electron chi connectivity index (χ2n) is 38.1. The number of fused-ring (bicyclic) bond motifs is 2. The van der Waals surface area contributed by atoms with Gasteiger partial charge in [0.15, 0.2) is 0 Å². The molecular weight excluding hydrogens is 1750 g/mol. The average Bonchev–Trinajstić information content (AvgIpc) is 0.769. The summed E-state index contributed by atoms with van der Waals surface area (Å²) in [5, 5.41) is 4.93. The number of hydrogen-bond acceptors (Lipinski definition) is 6. The molecule has 6 nitrogen and oxygen atoms in total. The fraction of sp³-hybridized carbons (Fsp3) is 0.147. The molecule has 0 saturated heterocycles. The fourth-order valence-electron chi connectivity index (χ4n) is 20.5. The third kappa shape index (κ3) is 22.3. The largest absolute Gasteiger partial charge is 0.311 e. The van der Waals surface area contributed by atoms with E-state index in [2.05, 4.69) is 574 Å². The zero-order valence-electron chi connectivity index (χ0n) is 85.8. The van der Waals surface area contributed by atoms with Crippen molar-refractivity contribution in [1.82, 2.24) is 0 Å². The summed E-state index contributed by atoms with van der Waals surface area (Å²) in [4.78, 5) is 14.2. The van der Waals surface area contributed by atoms with E-state index in [1.165, 1.54) is 194 Å². The molecule has 1 aliphatic rings. The Morgan fingerprint density at radius 3 is 0.797 bits per heavy atom. The van der Waals surface area contributed by atoms with Crippen LogP contribution < -0.4 is 29.4 Å². The molecule has 1 fully saturated rings. The molecule has 21 rings (SSSR count). The van der Waals surface area contributed by atoms with E-state index in [0.29, 0.717) is 0 Å². The van der Waals surface area contributed by atoms with E-state index in [1.54, 1.807) is 0 Å². The SMILES string of the molecule is C.Cc1cc(N(c2ccccc2)c2ccc3ccccc3c2)ccc1-c1ccc(N(c2ccccc2)c2cccc3ccccc23)cc1C.Cc1ccc(N(c2ccc(C)cc2)c2ccc(C3(c4ccc(N(c5ccc(C)cc5)c5ccc(C)cc5)cc4)CCCCC3)cc2)cc1.Cc1cccc(N(c2cccc(C)c2)c2ccc(-c3ccc(N(c4cccc(C)c4)c4cccc(C)c4)cc3C)c(C)c2)c1.[2H]PC[3H]. The summed E-state index contributed by atoms with van der Waals surface area (Å²) >= 11 is 0. The molecule has 0 amide bonds. The van der Waals surface area contributed by atoms with Gasteiger partial charge in [-0.05, 0) is 402 Å². The maximum absolute atomic E-state index is 6.29. The van der Waals surface area contributed by atoms with Gasteiger partial charge in [0.1, 0.15) is 0 Å². The van der Waals surface area contributed by atoms with E-state index in [4.69, 9.17) is 2.65 Å². The van der Waals surface area contributed by atoms with E-state index in [1.807, 2.05) is 0 Å². The standard InChI is InChI=1S/C46H36N2.C46H46N2.C42H40N2.CH5P.CH4/c1-33-30-40(47(38-18-5-3-6-19-38)42-25-24-35-14-9-10-16-37(35)32-42)26-28-43(33)44-29-27-41(31-34(44)2)48(39-20-7-4-8-21-39)46-23-13-17-36-15-11-12-22-45(36)46;1-34-8-20-40(21-9-34)47(41-22-10-35(2)11-23-41)44-28-16-38(17-29-44)46(32-6-5-7-33-46)39-18-30-45(31-19-39)48(42-24-12-36(3)13-25-42)43-26-14-37(4)15-27-43;1-29-11-7-15-35(23-29)43(36-16-8-12-30(2)24-36)39-19-21-41(33(5)27-39)42-22-20-40(28-34(42)6)44(37-17-9-13-31(3)25-37)38-18-10-14-32(4)26-38;1-2;/h3-32H,1-2H3;8-31H,5-7,32-33H2,1-4H3;7-28H,1-6H3;2H2,1H3;1H4/i;;;1T,2D;. The van der Waals surface area contributed by atoms with Crippen LogP contribution in [0.4, 0.5) is 102 Å². The van der Waals surface area contributed by atoms with Crippen molar-refractivity contribution in [2.75, 3.05) is 36.0 Å². The normalized spacial score (nSPS) is 12.1. The van der Waals surface area contributed by atoms with Crippen molar-refractivity contribution in [1.29, 1.82) is 1.28 Å². The number of rotatable bonds is 22. The van der Waals surface area contributed by atoms with Crippen LogP contribution in [0.2, 0.25) is 0 Å². The van der Waals surface area contributed by atoms with Crippen LogP contribution in [0.15, 0.2) is 461 Å². The Morgan fingerprint density at radius 1 is 0.210 bits per heavy atom. The third-order valence-corrected chi connectivity index (χ3v) is 27.8. The van der Waals surface area contributed by atoms with Crippen LogP contribution in [0.5, 0.6) is 0 Å². The lowest BCUT2D eigenvalue weighted by molar-refractivity contribution is 0.346. The van der Waals surface area contributed by atoms with Crippen LogP contribution in [-0.4, -0.2) is 7.92 Å². The summed E-state index contributed by atoms with van der Waals surface area (Å²) < 4.78 is 12.6. The molecule has 0 aliphatic heterocycles. The van der Waals surface area contributed by atoms with Gasteiger partial charge in [0, 0.05) is 109 Å². The Hall–Kier alpha value is -15.9. The van der Waals surface area contributed by atoms with Crippen molar-refractivity contribution >= 4 is 133 Å². The third-order valence-electron chi connectivity index (χ3n) is 27.8. The van der Waals surface area contributed by atoms with E-state index in [0.717, 1.165) is 62.6 Å². The fourth-order valence-corrected chi connectivity index (χ4v) is 20.5. The topological polar surface area (TPSA) is 19.4 Å². The van der Waals surface area contributed by atoms with Crippen molar-refractivity contribution < 1.29 is 1.37 Å². The molecule has 20 aromatic carbocycles. The Labute approximate surface area is 855 Å². The Morgan fingerprint density at radius 2 is 0.455 bits per heavy atom. The molecule has 0 N–H and O–H groups in total. The lowest BCUT2D eigenvalue weighted by atomic mass is 9.65. The van der Waals surface area contributed by atoms with Crippen LogP contribution in [-0.2, 0) is 5.41 Å². The molecule has 0 radical (unpaired) electrons. The van der Waals surface area contributed by atoms with Crippen molar-refractivity contribution in [3.05, 3.63) is 539 Å². The predicted octanol–water partition coefficient (Wildman–Crippen LogP) is 39.6. The van der Waals surface area contributed by atoms with E-state index >= 15 is 0 Å². The van der Waals surface area contributed by atoms with Crippen molar-refractivity contribution in [2.24, 2.45) is 0 Å². The number of aryl methyl sites for hydroxylation is 12. The maximum atomic E-state index is 6.29. The number of nitrogens with zero attached hydrogens (tertiary/aromatic N) is 6. The highest BCUT2D eigenvalue weighted by atomic mass is 31.0. The first kappa shape index (κ1) is 96.0. The smallest absolute Gasteiger partial charge is 0.0543 e. The average molecular weight is 1880 g/mol. The van der Waals surface area contributed by atoms with Crippen molar-refractivity contribution in [2.45, 2.75) is 128 Å². The second-order valence-corrected chi connectivity index (χ2v) is 38.1. The van der Waals surface area contributed by atoms with Gasteiger partial charge in [-0.1, -0.05) is 304 Å². The molecule has 0 aromatic heterocycles. The van der Waals surface area contributed by atoms with Crippen LogP contribution >= 0.6 is 9.18 Å². The van der Waals surface area contributed by atoms with E-state index < -0.39 is 0 Å². The molecule has 7 heteroatoms. The van der Waals surface area contributed by atoms with Gasteiger partial charge in [-0.25, -0.2) is 0 Å². The summed E-state index contributed by atoms with van der Waals surface area (Å²) in [7, 11) is 0.0571. The highest BCUT2D eigenvalue weighted by Crippen LogP contribution is 2.51. The monoisotopic (exact) mass is 1880 g/mol. The number of para-hydroxylation sites is 2. The second kappa shape index (κ2) is 45.2. The van der Waals surface area contributed by atoms with Crippen LogP contribution in [0.25, 0.3) is 43.8 Å². The first-order valence-electron chi connectivity index (χ1n) is 50.9. The van der Waals surface area contributed by atoms with Gasteiger partial charge in [-0.2, -0.15) is 0 Å². The van der Waals surface area contributed by atoms with Gasteiger partial charge in [0.2, 0.25) is 0 Å². The lowest BCUT2D eigenvalue weighted by Crippen LogP contribution is -2.30. The van der Waals surface area contributed by atoms with Gasteiger partial charge in [-0.15, -0.1) is 9.18 Å². The molecular formula is C136H131N6P. The zero-order valence-corrected chi connectivity index (χ0v) is 84.8. The minimum atomic E-state index is 0. The first-order valence-corrected chi connectivity index (χ1v) is 50.4. The molecule has 710 valence electrons. The van der Waals surface area contributed by atoms with E-state index in [9.17, 15) is 0 Å². The molecule has 0 heterocycles. The molecule has 1 atom stereocenters. The number of anilines is 18. The van der Waals surface area contributed by atoms with Gasteiger partial charge in [0.05, 0.1) is 6.97 Å². The zero-order chi connectivity index (χ0) is 99.7. The molecule has 1 aliphatic carbocycles. The molecule has 143 heavy (non-hydrogen) atoms. The van der Waals surface area contributed by atoms with Crippen molar-refractivity contribution in [3.8, 4) is 22.3 Å².